The quantitative estimate of drug-likeness (QED) is 0.394. The number of carbonyl (C=O) groups excluding carboxylic acids is 1. The molecule has 0 bridgehead atoms. The number of carbonyl (C=O) groups is 1. The molecular formula is C19H26O4. The van der Waals surface area contributed by atoms with E-state index in [1.165, 1.54) is 6.08 Å². The van der Waals surface area contributed by atoms with E-state index in [1.54, 1.807) is 6.92 Å². The van der Waals surface area contributed by atoms with Gasteiger partial charge in [-0.15, -0.1) is 0 Å². The SMILES string of the molecule is CCCC(OCC1CO1)c1ccc(C)cc1/C=C/C(=O)OCC. The molecule has 126 valence electrons. The average molecular weight is 318 g/mol. The van der Waals surface area contributed by atoms with E-state index >= 15 is 0 Å². The number of benzene rings is 1. The molecule has 1 saturated heterocycles. The van der Waals surface area contributed by atoms with E-state index in [0.717, 1.165) is 36.1 Å². The highest BCUT2D eigenvalue weighted by Crippen LogP contribution is 2.29. The van der Waals surface area contributed by atoms with Crippen molar-refractivity contribution < 1.29 is 19.0 Å². The first-order valence-electron chi connectivity index (χ1n) is 8.32. The topological polar surface area (TPSA) is 48.1 Å². The lowest BCUT2D eigenvalue weighted by Gasteiger charge is -2.20. The van der Waals surface area contributed by atoms with Crippen molar-refractivity contribution in [3.63, 3.8) is 0 Å². The molecule has 2 atom stereocenters. The first-order valence-corrected chi connectivity index (χ1v) is 8.32. The molecule has 0 aliphatic carbocycles. The summed E-state index contributed by atoms with van der Waals surface area (Å²) in [6.07, 6.45) is 5.54. The van der Waals surface area contributed by atoms with Crippen LogP contribution < -0.4 is 0 Å². The normalized spacial score (nSPS) is 18.1. The molecule has 0 spiro atoms. The van der Waals surface area contributed by atoms with Crippen molar-refractivity contribution in [1.29, 1.82) is 0 Å². The Balaban J connectivity index is 2.17. The van der Waals surface area contributed by atoms with E-state index in [9.17, 15) is 4.79 Å². The summed E-state index contributed by atoms with van der Waals surface area (Å²) in [5, 5.41) is 0. The molecule has 0 aromatic heterocycles. The second kappa shape index (κ2) is 8.85. The van der Waals surface area contributed by atoms with Crippen LogP contribution in [0.25, 0.3) is 6.08 Å². The standard InChI is InChI=1S/C19H26O4/c1-4-6-18(23-13-16-12-22-16)17-9-7-14(3)11-15(17)8-10-19(20)21-5-2/h7-11,16,18H,4-6,12-13H2,1-3H3/b10-8+. The summed E-state index contributed by atoms with van der Waals surface area (Å²) in [7, 11) is 0. The van der Waals surface area contributed by atoms with Crippen molar-refractivity contribution in [3.8, 4) is 0 Å². The van der Waals surface area contributed by atoms with Crippen LogP contribution in [0.15, 0.2) is 24.3 Å². The fraction of sp³-hybridized carbons (Fsp3) is 0.526. The number of hydrogen-bond donors (Lipinski definition) is 0. The van der Waals surface area contributed by atoms with Gasteiger partial charge in [0.2, 0.25) is 0 Å². The molecule has 4 nitrogen and oxygen atoms in total. The highest BCUT2D eigenvalue weighted by Gasteiger charge is 2.25. The van der Waals surface area contributed by atoms with Crippen molar-refractivity contribution in [3.05, 3.63) is 41.0 Å². The zero-order valence-electron chi connectivity index (χ0n) is 14.2. The third-order valence-corrected chi connectivity index (χ3v) is 3.71. The highest BCUT2D eigenvalue weighted by atomic mass is 16.6. The van der Waals surface area contributed by atoms with Gasteiger partial charge >= 0.3 is 5.97 Å². The monoisotopic (exact) mass is 318 g/mol. The van der Waals surface area contributed by atoms with E-state index in [4.69, 9.17) is 14.2 Å². The van der Waals surface area contributed by atoms with Crippen molar-refractivity contribution in [1.82, 2.24) is 0 Å². The molecule has 1 heterocycles. The molecule has 2 rings (SSSR count). The Morgan fingerprint density at radius 3 is 2.87 bits per heavy atom. The van der Waals surface area contributed by atoms with Gasteiger partial charge in [0.1, 0.15) is 6.10 Å². The van der Waals surface area contributed by atoms with Gasteiger partial charge in [0, 0.05) is 6.08 Å². The number of aryl methyl sites for hydroxylation is 1. The fourth-order valence-corrected chi connectivity index (χ4v) is 2.46. The predicted octanol–water partition coefficient (Wildman–Crippen LogP) is 3.83. The van der Waals surface area contributed by atoms with Crippen LogP contribution in [0, 0.1) is 6.92 Å². The predicted molar refractivity (Wildman–Crippen MR) is 90.2 cm³/mol. The molecule has 1 aromatic carbocycles. The number of esters is 1. The fourth-order valence-electron chi connectivity index (χ4n) is 2.46. The Bertz CT molecular complexity index is 546. The first-order chi connectivity index (χ1) is 11.1. The van der Waals surface area contributed by atoms with Crippen molar-refractivity contribution in [2.75, 3.05) is 19.8 Å². The summed E-state index contributed by atoms with van der Waals surface area (Å²) in [5.41, 5.74) is 3.27. The second-order valence-corrected chi connectivity index (χ2v) is 5.78. The van der Waals surface area contributed by atoms with Crippen LogP contribution in [0.1, 0.15) is 49.5 Å². The summed E-state index contributed by atoms with van der Waals surface area (Å²) < 4.78 is 16.2. The summed E-state index contributed by atoms with van der Waals surface area (Å²) in [6, 6.07) is 6.25. The minimum atomic E-state index is -0.320. The number of epoxide rings is 1. The minimum Gasteiger partial charge on any atom is -0.463 e. The minimum absolute atomic E-state index is 0.0200. The molecule has 1 fully saturated rings. The Hall–Kier alpha value is -1.65. The van der Waals surface area contributed by atoms with Gasteiger partial charge < -0.3 is 14.2 Å². The highest BCUT2D eigenvalue weighted by molar-refractivity contribution is 5.87. The van der Waals surface area contributed by atoms with Crippen molar-refractivity contribution in [2.45, 2.75) is 45.8 Å². The lowest BCUT2D eigenvalue weighted by atomic mass is 9.97. The van der Waals surface area contributed by atoms with Crippen LogP contribution in [-0.2, 0) is 19.0 Å². The lowest BCUT2D eigenvalue weighted by molar-refractivity contribution is -0.137. The molecule has 23 heavy (non-hydrogen) atoms. The van der Waals surface area contributed by atoms with E-state index in [2.05, 4.69) is 25.1 Å². The van der Waals surface area contributed by atoms with Crippen LogP contribution in [0.3, 0.4) is 0 Å². The van der Waals surface area contributed by atoms with Gasteiger partial charge in [-0.05, 0) is 37.5 Å². The maximum atomic E-state index is 11.6. The Morgan fingerprint density at radius 1 is 1.43 bits per heavy atom. The van der Waals surface area contributed by atoms with Gasteiger partial charge in [0.05, 0.1) is 25.9 Å². The summed E-state index contributed by atoms with van der Waals surface area (Å²) in [4.78, 5) is 11.6. The van der Waals surface area contributed by atoms with E-state index in [-0.39, 0.29) is 18.2 Å². The van der Waals surface area contributed by atoms with Gasteiger partial charge in [-0.25, -0.2) is 4.79 Å². The zero-order valence-corrected chi connectivity index (χ0v) is 14.2. The molecule has 0 amide bonds. The van der Waals surface area contributed by atoms with Gasteiger partial charge in [0.15, 0.2) is 0 Å². The van der Waals surface area contributed by atoms with Crippen molar-refractivity contribution in [2.24, 2.45) is 0 Å². The zero-order chi connectivity index (χ0) is 16.7. The third kappa shape index (κ3) is 5.81. The maximum absolute atomic E-state index is 11.6. The van der Waals surface area contributed by atoms with Crippen molar-refractivity contribution >= 4 is 12.0 Å². The second-order valence-electron chi connectivity index (χ2n) is 5.78. The number of hydrogen-bond acceptors (Lipinski definition) is 4. The number of ether oxygens (including phenoxy) is 3. The molecule has 1 aliphatic heterocycles. The summed E-state index contributed by atoms with van der Waals surface area (Å²) in [5.74, 6) is -0.320. The molecule has 4 heteroatoms. The average Bonchev–Trinajstić information content (AvgIpc) is 3.34. The lowest BCUT2D eigenvalue weighted by Crippen LogP contribution is -2.10. The van der Waals surface area contributed by atoms with E-state index in [1.807, 2.05) is 13.0 Å². The molecule has 2 unspecified atom stereocenters. The smallest absolute Gasteiger partial charge is 0.330 e. The molecule has 0 N–H and O–H groups in total. The Morgan fingerprint density at radius 2 is 2.22 bits per heavy atom. The summed E-state index contributed by atoms with van der Waals surface area (Å²) >= 11 is 0. The van der Waals surface area contributed by atoms with Crippen LogP contribution in [0.2, 0.25) is 0 Å². The number of rotatable bonds is 9. The van der Waals surface area contributed by atoms with Crippen LogP contribution in [0.5, 0.6) is 0 Å². The molecule has 1 aromatic rings. The van der Waals surface area contributed by atoms with Gasteiger partial charge in [-0.2, -0.15) is 0 Å². The van der Waals surface area contributed by atoms with Crippen LogP contribution in [-0.4, -0.2) is 31.9 Å². The maximum Gasteiger partial charge on any atom is 0.330 e. The largest absolute Gasteiger partial charge is 0.463 e. The Kier molecular flexibility index (Phi) is 6.81. The molecular weight excluding hydrogens is 292 g/mol. The third-order valence-electron chi connectivity index (χ3n) is 3.71. The van der Waals surface area contributed by atoms with Gasteiger partial charge in [-0.1, -0.05) is 37.1 Å². The Labute approximate surface area is 138 Å². The summed E-state index contributed by atoms with van der Waals surface area (Å²) in [6.45, 7) is 7.79. The molecule has 0 saturated carbocycles. The first kappa shape index (κ1) is 17.7. The van der Waals surface area contributed by atoms with Gasteiger partial charge in [0.25, 0.3) is 0 Å². The van der Waals surface area contributed by atoms with Crippen LogP contribution >= 0.6 is 0 Å². The van der Waals surface area contributed by atoms with Gasteiger partial charge in [-0.3, -0.25) is 0 Å². The van der Waals surface area contributed by atoms with E-state index < -0.39 is 0 Å². The molecule has 0 radical (unpaired) electrons. The van der Waals surface area contributed by atoms with Crippen LogP contribution in [0.4, 0.5) is 0 Å². The molecule has 1 aliphatic rings. The van der Waals surface area contributed by atoms with E-state index in [0.29, 0.717) is 13.2 Å².